The first-order chi connectivity index (χ1) is 16.6. The van der Waals surface area contributed by atoms with E-state index in [1.807, 2.05) is 6.92 Å². The minimum Gasteiger partial charge on any atom is -0.439 e. The number of aryl methyl sites for hydroxylation is 1. The number of Topliss-reactive ketones (excluding diaryl/α,β-unsaturated/α-hetero) is 1. The molecular formula is C25H22F3N3O4. The van der Waals surface area contributed by atoms with Crippen LogP contribution in [-0.2, 0) is 22.4 Å². The van der Waals surface area contributed by atoms with E-state index in [1.54, 1.807) is 24.3 Å². The van der Waals surface area contributed by atoms with Gasteiger partial charge in [0.25, 0.3) is 0 Å². The number of halogens is 3. The molecule has 10 heteroatoms. The Morgan fingerprint density at radius 1 is 1.03 bits per heavy atom. The zero-order valence-corrected chi connectivity index (χ0v) is 18.8. The summed E-state index contributed by atoms with van der Waals surface area (Å²) in [5.74, 6) is 0.601. The second-order valence-corrected chi connectivity index (χ2v) is 8.29. The molecule has 2 aromatic carbocycles. The van der Waals surface area contributed by atoms with Crippen molar-refractivity contribution in [1.29, 1.82) is 0 Å². The lowest BCUT2D eigenvalue weighted by Gasteiger charge is -2.11. The summed E-state index contributed by atoms with van der Waals surface area (Å²) in [4.78, 5) is 32.5. The zero-order valence-electron chi connectivity index (χ0n) is 18.8. The first-order valence-corrected chi connectivity index (χ1v) is 10.9. The van der Waals surface area contributed by atoms with Gasteiger partial charge in [0.15, 0.2) is 0 Å². The molecule has 1 fully saturated rings. The molecule has 0 spiro atoms. The average Bonchev–Trinajstić information content (AvgIpc) is 3.60. The van der Waals surface area contributed by atoms with Crippen molar-refractivity contribution in [2.75, 3.05) is 5.32 Å². The van der Waals surface area contributed by atoms with E-state index >= 15 is 0 Å². The Labute approximate surface area is 199 Å². The number of alkyl halides is 3. The first-order valence-electron chi connectivity index (χ1n) is 10.9. The first kappa shape index (κ1) is 24.2. The highest BCUT2D eigenvalue weighted by Crippen LogP contribution is 2.31. The summed E-state index contributed by atoms with van der Waals surface area (Å²) >= 11 is 0. The predicted octanol–water partition coefficient (Wildman–Crippen LogP) is 5.18. The van der Waals surface area contributed by atoms with Crippen molar-refractivity contribution in [2.45, 2.75) is 39.0 Å². The molecule has 0 bridgehead atoms. The number of benzene rings is 2. The van der Waals surface area contributed by atoms with Crippen LogP contribution in [0.5, 0.6) is 17.4 Å². The number of hydrogen-bond acceptors (Lipinski definition) is 6. The normalized spacial score (nSPS) is 13.3. The van der Waals surface area contributed by atoms with Gasteiger partial charge in [-0.05, 0) is 54.7 Å². The lowest BCUT2D eigenvalue weighted by Crippen LogP contribution is -2.17. The summed E-state index contributed by atoms with van der Waals surface area (Å²) in [5.41, 5.74) is 1.93. The van der Waals surface area contributed by atoms with Crippen LogP contribution in [0.3, 0.4) is 0 Å². The van der Waals surface area contributed by atoms with Gasteiger partial charge >= 0.3 is 6.36 Å². The number of amides is 1. The van der Waals surface area contributed by atoms with Crippen molar-refractivity contribution in [2.24, 2.45) is 5.92 Å². The smallest absolute Gasteiger partial charge is 0.439 e. The number of aromatic nitrogens is 2. The van der Waals surface area contributed by atoms with Crippen LogP contribution in [0.1, 0.15) is 29.5 Å². The topological polar surface area (TPSA) is 90.4 Å². The molecule has 1 aliphatic carbocycles. The van der Waals surface area contributed by atoms with Crippen molar-refractivity contribution in [3.63, 3.8) is 0 Å². The molecule has 3 aromatic rings. The molecule has 1 aliphatic rings. The number of carbonyl (C=O) groups excluding carboxylic acids is 2. The third kappa shape index (κ3) is 7.26. The van der Waals surface area contributed by atoms with Crippen molar-refractivity contribution in [3.05, 3.63) is 71.5 Å². The standard InChI is InChI=1S/C25H22F3N3O4/c1-15-9-17(11-19(32)10-16-3-2-4-20(12-16)35-25(26,27)28)5-8-21(15)34-23-13-22(29-14-30-23)31-24(33)18-6-7-18/h2-5,8-9,12-14,18H,6-7,10-11H2,1H3,(H,29,30,31,33). The van der Waals surface area contributed by atoms with Gasteiger partial charge in [0.05, 0.1) is 0 Å². The van der Waals surface area contributed by atoms with Gasteiger partial charge in [-0.2, -0.15) is 0 Å². The maximum absolute atomic E-state index is 12.5. The van der Waals surface area contributed by atoms with E-state index in [2.05, 4.69) is 20.0 Å². The summed E-state index contributed by atoms with van der Waals surface area (Å²) in [7, 11) is 0. The number of carbonyl (C=O) groups is 2. The Bertz CT molecular complexity index is 1240. The third-order valence-corrected chi connectivity index (χ3v) is 5.23. The minimum absolute atomic E-state index is 0.0252. The second kappa shape index (κ2) is 10.1. The lowest BCUT2D eigenvalue weighted by molar-refractivity contribution is -0.274. The van der Waals surface area contributed by atoms with E-state index in [9.17, 15) is 22.8 Å². The number of nitrogens with zero attached hydrogens (tertiary/aromatic N) is 2. The van der Waals surface area contributed by atoms with E-state index in [4.69, 9.17) is 4.74 Å². The molecule has 0 radical (unpaired) electrons. The fraction of sp³-hybridized carbons (Fsp3) is 0.280. The van der Waals surface area contributed by atoms with Crippen LogP contribution in [0.4, 0.5) is 19.0 Å². The number of anilines is 1. The zero-order chi connectivity index (χ0) is 25.0. The van der Waals surface area contributed by atoms with Crippen LogP contribution in [0.15, 0.2) is 54.9 Å². The van der Waals surface area contributed by atoms with Crippen LogP contribution in [0.2, 0.25) is 0 Å². The highest BCUT2D eigenvalue weighted by molar-refractivity contribution is 5.93. The quantitative estimate of drug-likeness (QED) is 0.449. The van der Waals surface area contributed by atoms with Crippen LogP contribution >= 0.6 is 0 Å². The largest absolute Gasteiger partial charge is 0.573 e. The number of ether oxygens (including phenoxy) is 2. The maximum atomic E-state index is 12.5. The lowest BCUT2D eigenvalue weighted by atomic mass is 10.0. The number of nitrogens with one attached hydrogen (secondary N) is 1. The van der Waals surface area contributed by atoms with E-state index in [0.29, 0.717) is 17.1 Å². The Kier molecular flexibility index (Phi) is 6.99. The van der Waals surface area contributed by atoms with Crippen molar-refractivity contribution < 1.29 is 32.2 Å². The fourth-order valence-electron chi connectivity index (χ4n) is 3.46. The molecule has 182 valence electrons. The summed E-state index contributed by atoms with van der Waals surface area (Å²) in [6, 6.07) is 12.2. The van der Waals surface area contributed by atoms with Gasteiger partial charge in [-0.3, -0.25) is 9.59 Å². The van der Waals surface area contributed by atoms with Gasteiger partial charge in [-0.15, -0.1) is 13.2 Å². The Balaban J connectivity index is 1.36. The summed E-state index contributed by atoms with van der Waals surface area (Å²) in [6.07, 6.45) is -1.64. The van der Waals surface area contributed by atoms with Gasteiger partial charge in [-0.25, -0.2) is 9.97 Å². The highest BCUT2D eigenvalue weighted by Gasteiger charge is 2.31. The van der Waals surface area contributed by atoms with Crippen molar-refractivity contribution in [3.8, 4) is 17.4 Å². The molecule has 0 saturated heterocycles. The molecule has 0 aliphatic heterocycles. The molecule has 4 rings (SSSR count). The summed E-state index contributed by atoms with van der Waals surface area (Å²) in [5, 5.41) is 2.74. The molecule has 1 saturated carbocycles. The Hall–Kier alpha value is -3.95. The molecule has 1 heterocycles. The Morgan fingerprint density at radius 3 is 2.46 bits per heavy atom. The van der Waals surface area contributed by atoms with E-state index < -0.39 is 6.36 Å². The molecule has 7 nitrogen and oxygen atoms in total. The maximum Gasteiger partial charge on any atom is 0.573 e. The fourth-order valence-corrected chi connectivity index (χ4v) is 3.46. The van der Waals surface area contributed by atoms with Gasteiger partial charge in [0.1, 0.15) is 29.4 Å². The van der Waals surface area contributed by atoms with Gasteiger partial charge in [0, 0.05) is 24.8 Å². The average molecular weight is 485 g/mol. The molecular weight excluding hydrogens is 463 g/mol. The summed E-state index contributed by atoms with van der Waals surface area (Å²) < 4.78 is 47.0. The molecule has 0 atom stereocenters. The van der Waals surface area contributed by atoms with E-state index in [1.165, 1.54) is 30.6 Å². The molecule has 1 amide bonds. The SMILES string of the molecule is Cc1cc(CC(=O)Cc2cccc(OC(F)(F)F)c2)ccc1Oc1cc(NC(=O)C2CC2)ncn1. The van der Waals surface area contributed by atoms with Gasteiger partial charge < -0.3 is 14.8 Å². The number of ketones is 1. The van der Waals surface area contributed by atoms with Crippen molar-refractivity contribution >= 4 is 17.5 Å². The van der Waals surface area contributed by atoms with Crippen LogP contribution in [-0.4, -0.2) is 28.0 Å². The van der Waals surface area contributed by atoms with Gasteiger partial charge in [0.2, 0.25) is 11.8 Å². The molecule has 1 N–H and O–H groups in total. The predicted molar refractivity (Wildman–Crippen MR) is 120 cm³/mol. The molecule has 0 unspecified atom stereocenters. The summed E-state index contributed by atoms with van der Waals surface area (Å²) in [6.45, 7) is 1.82. The van der Waals surface area contributed by atoms with E-state index in [-0.39, 0.29) is 42.1 Å². The molecule has 35 heavy (non-hydrogen) atoms. The van der Waals surface area contributed by atoms with Crippen LogP contribution < -0.4 is 14.8 Å². The Morgan fingerprint density at radius 2 is 1.77 bits per heavy atom. The van der Waals surface area contributed by atoms with Gasteiger partial charge in [-0.1, -0.05) is 24.3 Å². The van der Waals surface area contributed by atoms with Crippen molar-refractivity contribution in [1.82, 2.24) is 9.97 Å². The third-order valence-electron chi connectivity index (χ3n) is 5.23. The minimum atomic E-state index is -4.79. The second-order valence-electron chi connectivity index (χ2n) is 8.29. The van der Waals surface area contributed by atoms with Crippen LogP contribution in [0, 0.1) is 12.8 Å². The molecule has 1 aromatic heterocycles. The highest BCUT2D eigenvalue weighted by atomic mass is 19.4. The number of rotatable bonds is 9. The van der Waals surface area contributed by atoms with Crippen LogP contribution in [0.25, 0.3) is 0 Å². The monoisotopic (exact) mass is 485 g/mol. The van der Waals surface area contributed by atoms with E-state index in [0.717, 1.165) is 24.0 Å². The number of hydrogen-bond donors (Lipinski definition) is 1.